The zero-order valence-electron chi connectivity index (χ0n) is 24.2. The number of anilines is 3. The summed E-state index contributed by atoms with van der Waals surface area (Å²) in [6.45, 7) is 4.88. The highest BCUT2D eigenvalue weighted by atomic mass is 19.4. The minimum absolute atomic E-state index is 0.0162. The normalized spacial score (nSPS) is 21.5. The predicted molar refractivity (Wildman–Crippen MR) is 154 cm³/mol. The van der Waals surface area contributed by atoms with Gasteiger partial charge in [0.1, 0.15) is 28.2 Å². The number of aliphatic hydroxyl groups is 1. The fraction of sp³-hybridized carbons (Fsp3) is 0.448. The molecule has 2 unspecified atom stereocenters. The standard InChI is InChI=1S/C29H31F5N8O2/c1-4-15-11-38-26-20-25(40-28(41-26)42-16(5-7-35)9-17(42)12-43)23(31)24(39-27(20)44-13(2)6-8-37-15)18-10-19(36)22(30)14(3)21(18)29(32,33)34/h4,10,13,16-17,37,43H,5-6,8-9,11-12,36H2,1-3H3,(H,38,40,41)/b15-4-/t13-,16?,17?/m0/s1. The van der Waals surface area contributed by atoms with Crippen LogP contribution in [0.1, 0.15) is 44.2 Å². The fourth-order valence-corrected chi connectivity index (χ4v) is 5.62. The number of nitrogens with two attached hydrogens (primary N) is 1. The summed E-state index contributed by atoms with van der Waals surface area (Å²) in [4.78, 5) is 14.9. The van der Waals surface area contributed by atoms with Gasteiger partial charge in [0.15, 0.2) is 5.82 Å². The van der Waals surface area contributed by atoms with Crippen LogP contribution in [0.4, 0.5) is 39.4 Å². The SMILES string of the molecule is C/C=C1/CNc2nc(N3C(CO)CC3CC#N)nc3c(F)c(-c4cc(N)c(F)c(C)c4C(F)(F)F)nc(c23)O[C@@H](C)CCN1. The second-order valence-electron chi connectivity index (χ2n) is 10.8. The van der Waals surface area contributed by atoms with Gasteiger partial charge >= 0.3 is 6.18 Å². The van der Waals surface area contributed by atoms with Gasteiger partial charge in [-0.2, -0.15) is 23.4 Å². The number of alkyl halides is 3. The lowest BCUT2D eigenvalue weighted by Crippen LogP contribution is -2.58. The second-order valence-corrected chi connectivity index (χ2v) is 10.8. The van der Waals surface area contributed by atoms with Gasteiger partial charge in [0.25, 0.3) is 0 Å². The summed E-state index contributed by atoms with van der Waals surface area (Å²) in [6, 6.07) is 1.93. The fourth-order valence-electron chi connectivity index (χ4n) is 5.62. The van der Waals surface area contributed by atoms with Crippen LogP contribution >= 0.6 is 0 Å². The third-order valence-corrected chi connectivity index (χ3v) is 7.92. The number of nitriles is 1. The van der Waals surface area contributed by atoms with Crippen molar-refractivity contribution in [1.29, 1.82) is 5.26 Å². The van der Waals surface area contributed by atoms with E-state index in [9.17, 15) is 27.9 Å². The van der Waals surface area contributed by atoms with Gasteiger partial charge in [-0.25, -0.2) is 18.7 Å². The van der Waals surface area contributed by atoms with Crippen LogP contribution in [-0.2, 0) is 6.18 Å². The number of nitrogens with zero attached hydrogens (tertiary/aromatic N) is 5. The number of halogens is 5. The van der Waals surface area contributed by atoms with Gasteiger partial charge in [0.2, 0.25) is 11.8 Å². The number of hydrogen-bond donors (Lipinski definition) is 4. The van der Waals surface area contributed by atoms with E-state index in [4.69, 9.17) is 10.5 Å². The van der Waals surface area contributed by atoms with Gasteiger partial charge < -0.3 is 31.1 Å². The monoisotopic (exact) mass is 618 g/mol. The number of benzene rings is 1. The number of allylic oxidation sites excluding steroid dienone is 1. The molecule has 5 N–H and O–H groups in total. The first-order valence-corrected chi connectivity index (χ1v) is 14.0. The van der Waals surface area contributed by atoms with E-state index in [1.54, 1.807) is 11.8 Å². The molecule has 0 bridgehead atoms. The smallest absolute Gasteiger partial charge is 0.417 e. The number of aromatic nitrogens is 3. The maximum atomic E-state index is 16.7. The number of nitrogens with one attached hydrogen (secondary N) is 2. The first kappa shape index (κ1) is 31.0. The molecule has 3 atom stereocenters. The summed E-state index contributed by atoms with van der Waals surface area (Å²) < 4.78 is 80.4. The van der Waals surface area contributed by atoms with Gasteiger partial charge in [-0.1, -0.05) is 6.08 Å². The van der Waals surface area contributed by atoms with E-state index < -0.39 is 63.5 Å². The quantitative estimate of drug-likeness (QED) is 0.238. The van der Waals surface area contributed by atoms with Crippen molar-refractivity contribution >= 4 is 28.4 Å². The summed E-state index contributed by atoms with van der Waals surface area (Å²) in [5.74, 6) is -2.70. The number of hydrogen-bond acceptors (Lipinski definition) is 10. The van der Waals surface area contributed by atoms with Gasteiger partial charge in [0, 0.05) is 30.3 Å². The Morgan fingerprint density at radius 2 is 1.95 bits per heavy atom. The molecular formula is C29H31F5N8O2. The van der Waals surface area contributed by atoms with E-state index in [1.165, 1.54) is 0 Å². The summed E-state index contributed by atoms with van der Waals surface area (Å²) in [7, 11) is 0. The Bertz CT molecular complexity index is 1670. The first-order chi connectivity index (χ1) is 20.9. The summed E-state index contributed by atoms with van der Waals surface area (Å²) in [5.41, 5.74) is 1.70. The molecule has 44 heavy (non-hydrogen) atoms. The molecule has 4 heterocycles. The first-order valence-electron chi connectivity index (χ1n) is 14.0. The molecule has 3 aromatic rings. The Kier molecular flexibility index (Phi) is 8.39. The zero-order chi connectivity index (χ0) is 31.9. The summed E-state index contributed by atoms with van der Waals surface area (Å²) in [6.07, 6.45) is -2.78. The third-order valence-electron chi connectivity index (χ3n) is 7.92. The average molecular weight is 619 g/mol. The maximum Gasteiger partial charge on any atom is 0.417 e. The van der Waals surface area contributed by atoms with Crippen molar-refractivity contribution in [3.63, 3.8) is 0 Å². The third kappa shape index (κ3) is 5.49. The van der Waals surface area contributed by atoms with E-state index >= 15 is 4.39 Å². The van der Waals surface area contributed by atoms with Crippen LogP contribution in [0.25, 0.3) is 22.2 Å². The molecule has 1 fully saturated rings. The van der Waals surface area contributed by atoms with Gasteiger partial charge in [-0.15, -0.1) is 0 Å². The van der Waals surface area contributed by atoms with Gasteiger partial charge in [-0.05, 0) is 38.8 Å². The summed E-state index contributed by atoms with van der Waals surface area (Å²) in [5, 5.41) is 25.7. The lowest BCUT2D eigenvalue weighted by Gasteiger charge is -2.47. The van der Waals surface area contributed by atoms with Crippen LogP contribution in [0.2, 0.25) is 0 Å². The van der Waals surface area contributed by atoms with Crippen molar-refractivity contribution < 1.29 is 31.8 Å². The van der Waals surface area contributed by atoms with Crippen LogP contribution in [0.5, 0.6) is 5.88 Å². The predicted octanol–water partition coefficient (Wildman–Crippen LogP) is 4.81. The van der Waals surface area contributed by atoms with Crippen LogP contribution in [-0.4, -0.2) is 57.9 Å². The Morgan fingerprint density at radius 3 is 2.61 bits per heavy atom. The number of aliphatic hydroxyl groups excluding tert-OH is 1. The molecule has 1 saturated heterocycles. The molecule has 0 aliphatic carbocycles. The highest BCUT2D eigenvalue weighted by Gasteiger charge is 2.42. The van der Waals surface area contributed by atoms with Crippen molar-refractivity contribution in [2.24, 2.45) is 0 Å². The van der Waals surface area contributed by atoms with Gasteiger partial charge in [0.05, 0.1) is 49.0 Å². The molecule has 234 valence electrons. The molecule has 2 aliphatic heterocycles. The molecular weight excluding hydrogens is 587 g/mol. The zero-order valence-corrected chi connectivity index (χ0v) is 24.2. The van der Waals surface area contributed by atoms with Crippen LogP contribution in [0.3, 0.4) is 0 Å². The van der Waals surface area contributed by atoms with E-state index in [2.05, 4.69) is 31.7 Å². The molecule has 10 nitrogen and oxygen atoms in total. The second kappa shape index (κ2) is 11.9. The Morgan fingerprint density at radius 1 is 1.20 bits per heavy atom. The van der Waals surface area contributed by atoms with Gasteiger partial charge in [-0.3, -0.25) is 0 Å². The van der Waals surface area contributed by atoms with E-state index in [0.717, 1.165) is 12.6 Å². The minimum Gasteiger partial charge on any atom is -0.474 e. The molecule has 15 heteroatoms. The molecule has 0 amide bonds. The molecule has 0 saturated carbocycles. The number of rotatable bonds is 4. The average Bonchev–Trinajstić information content (AvgIpc) is 2.98. The van der Waals surface area contributed by atoms with Crippen molar-refractivity contribution in [2.45, 2.75) is 64.4 Å². The highest BCUT2D eigenvalue weighted by molar-refractivity contribution is 5.97. The minimum atomic E-state index is -5.08. The van der Waals surface area contributed by atoms with E-state index in [1.807, 2.05) is 13.0 Å². The van der Waals surface area contributed by atoms with Crippen molar-refractivity contribution in [3.8, 4) is 23.2 Å². The van der Waals surface area contributed by atoms with Crippen LogP contribution < -0.4 is 26.0 Å². The Hall–Kier alpha value is -4.45. The largest absolute Gasteiger partial charge is 0.474 e. The van der Waals surface area contributed by atoms with Crippen LogP contribution in [0, 0.1) is 29.9 Å². The molecule has 5 rings (SSSR count). The lowest BCUT2D eigenvalue weighted by molar-refractivity contribution is -0.137. The molecule has 2 aliphatic rings. The van der Waals surface area contributed by atoms with Crippen molar-refractivity contribution in [2.75, 3.05) is 35.6 Å². The molecule has 0 spiro atoms. The Labute approximate surface area is 249 Å². The number of nitrogen functional groups attached to an aromatic ring is 1. The molecule has 1 aromatic carbocycles. The molecule has 0 radical (unpaired) electrons. The lowest BCUT2D eigenvalue weighted by atomic mass is 9.91. The van der Waals surface area contributed by atoms with E-state index in [-0.39, 0.29) is 48.6 Å². The highest BCUT2D eigenvalue weighted by Crippen LogP contribution is 2.45. The van der Waals surface area contributed by atoms with Crippen molar-refractivity contribution in [3.05, 3.63) is 40.6 Å². The topological polar surface area (TPSA) is 145 Å². The summed E-state index contributed by atoms with van der Waals surface area (Å²) >= 11 is 0. The molecule has 2 aromatic heterocycles. The van der Waals surface area contributed by atoms with Crippen LogP contribution in [0.15, 0.2) is 17.8 Å². The Balaban J connectivity index is 1.85. The van der Waals surface area contributed by atoms with E-state index in [0.29, 0.717) is 25.5 Å². The number of ether oxygens (including phenoxy) is 1. The maximum absolute atomic E-state index is 16.7. The van der Waals surface area contributed by atoms with Crippen molar-refractivity contribution in [1.82, 2.24) is 20.3 Å². The number of pyridine rings is 1.